The van der Waals surface area contributed by atoms with E-state index in [1.165, 1.54) is 12.5 Å². The molecular formula is C32H41Cl2F2N3O4. The molecule has 0 radical (unpaired) electrons. The van der Waals surface area contributed by atoms with Gasteiger partial charge >= 0.3 is 6.09 Å². The molecule has 2 fully saturated rings. The molecule has 236 valence electrons. The van der Waals surface area contributed by atoms with E-state index in [0.29, 0.717) is 59.5 Å². The Morgan fingerprint density at radius 3 is 2.33 bits per heavy atom. The maximum atomic E-state index is 14.4. The largest absolute Gasteiger partial charge is 0.492 e. The predicted octanol–water partition coefficient (Wildman–Crippen LogP) is 6.98. The van der Waals surface area contributed by atoms with Crippen LogP contribution < -0.4 is 10.1 Å². The number of hydrogen-bond acceptors (Lipinski definition) is 5. The van der Waals surface area contributed by atoms with Gasteiger partial charge < -0.3 is 19.7 Å². The third-order valence-corrected chi connectivity index (χ3v) is 8.43. The quantitative estimate of drug-likeness (QED) is 0.321. The Kier molecular flexibility index (Phi) is 11.5. The lowest BCUT2D eigenvalue weighted by atomic mass is 9.88. The van der Waals surface area contributed by atoms with E-state index in [0.717, 1.165) is 38.5 Å². The van der Waals surface area contributed by atoms with Gasteiger partial charge in [0, 0.05) is 47.7 Å². The van der Waals surface area contributed by atoms with Crippen LogP contribution in [0.5, 0.6) is 5.75 Å². The van der Waals surface area contributed by atoms with Crippen molar-refractivity contribution in [2.45, 2.75) is 76.9 Å². The highest BCUT2D eigenvalue weighted by atomic mass is 35.5. The molecule has 11 heteroatoms. The first-order chi connectivity index (χ1) is 20.4. The van der Waals surface area contributed by atoms with Gasteiger partial charge in [-0.1, -0.05) is 35.7 Å². The number of ether oxygens (including phenoxy) is 2. The summed E-state index contributed by atoms with van der Waals surface area (Å²) in [5.74, 6) is -1.91. The molecule has 0 aliphatic carbocycles. The molecule has 2 amide bonds. The van der Waals surface area contributed by atoms with Crippen LogP contribution in [0.1, 0.15) is 69.9 Å². The maximum Gasteiger partial charge on any atom is 0.408 e. The molecule has 7 nitrogen and oxygen atoms in total. The number of nitrogens with one attached hydrogen (secondary N) is 1. The molecule has 0 spiro atoms. The molecule has 2 aromatic rings. The van der Waals surface area contributed by atoms with Crippen molar-refractivity contribution in [2.24, 2.45) is 0 Å². The number of piperidine rings is 2. The number of nitrogens with zero attached hydrogens (tertiary/aromatic N) is 2. The Labute approximate surface area is 262 Å². The number of likely N-dealkylation sites (tertiary alicyclic amines) is 2. The molecule has 1 atom stereocenters. The molecule has 0 aromatic heterocycles. The number of benzene rings is 2. The van der Waals surface area contributed by atoms with E-state index in [9.17, 15) is 18.4 Å². The molecular weight excluding hydrogens is 599 g/mol. The molecule has 2 saturated heterocycles. The molecule has 2 aliphatic heterocycles. The van der Waals surface area contributed by atoms with Crippen molar-refractivity contribution in [3.05, 3.63) is 63.1 Å². The second-order valence-electron chi connectivity index (χ2n) is 12.3. The topological polar surface area (TPSA) is 71.1 Å². The first-order valence-electron chi connectivity index (χ1n) is 15.0. The Morgan fingerprint density at radius 2 is 1.67 bits per heavy atom. The molecule has 0 saturated carbocycles. The number of carbonyl (C=O) groups excluding carboxylic acids is 2. The van der Waals surface area contributed by atoms with Gasteiger partial charge in [-0.2, -0.15) is 0 Å². The van der Waals surface area contributed by atoms with Gasteiger partial charge in [-0.05, 0) is 89.2 Å². The second kappa shape index (κ2) is 14.9. The highest BCUT2D eigenvalue weighted by Crippen LogP contribution is 2.36. The molecule has 2 aromatic carbocycles. The summed E-state index contributed by atoms with van der Waals surface area (Å²) in [6, 6.07) is 6.42. The third kappa shape index (κ3) is 9.68. The summed E-state index contributed by atoms with van der Waals surface area (Å²) in [5, 5.41) is 3.57. The van der Waals surface area contributed by atoms with Gasteiger partial charge in [0.1, 0.15) is 24.0 Å². The first kappa shape index (κ1) is 33.3. The van der Waals surface area contributed by atoms with Crippen molar-refractivity contribution < 1.29 is 27.8 Å². The Morgan fingerprint density at radius 1 is 1.00 bits per heavy atom. The monoisotopic (exact) mass is 639 g/mol. The van der Waals surface area contributed by atoms with E-state index < -0.39 is 29.4 Å². The summed E-state index contributed by atoms with van der Waals surface area (Å²) < 4.78 is 40.0. The van der Waals surface area contributed by atoms with E-state index in [4.69, 9.17) is 32.7 Å². The fraction of sp³-hybridized carbons (Fsp3) is 0.562. The highest BCUT2D eigenvalue weighted by Gasteiger charge is 2.33. The Bertz CT molecular complexity index is 1280. The zero-order valence-electron chi connectivity index (χ0n) is 25.1. The van der Waals surface area contributed by atoms with Crippen molar-refractivity contribution in [1.29, 1.82) is 0 Å². The van der Waals surface area contributed by atoms with Crippen molar-refractivity contribution >= 4 is 35.2 Å². The predicted molar refractivity (Wildman–Crippen MR) is 164 cm³/mol. The normalized spacial score (nSPS) is 17.4. The summed E-state index contributed by atoms with van der Waals surface area (Å²) in [5.41, 5.74) is 0.524. The lowest BCUT2D eigenvalue weighted by Gasteiger charge is -2.35. The number of halogens is 4. The molecule has 2 aliphatic rings. The van der Waals surface area contributed by atoms with Crippen LogP contribution in [-0.2, 0) is 16.0 Å². The minimum atomic E-state index is -0.943. The van der Waals surface area contributed by atoms with Crippen LogP contribution in [0.4, 0.5) is 13.6 Å². The smallest absolute Gasteiger partial charge is 0.408 e. The highest BCUT2D eigenvalue weighted by molar-refractivity contribution is 6.35. The van der Waals surface area contributed by atoms with E-state index in [1.54, 1.807) is 43.9 Å². The van der Waals surface area contributed by atoms with Gasteiger partial charge in [-0.25, -0.2) is 13.6 Å². The van der Waals surface area contributed by atoms with Crippen LogP contribution in [0.25, 0.3) is 0 Å². The average Bonchev–Trinajstić information content (AvgIpc) is 2.95. The minimum Gasteiger partial charge on any atom is -0.492 e. The van der Waals surface area contributed by atoms with Gasteiger partial charge in [-0.15, -0.1) is 0 Å². The fourth-order valence-corrected chi connectivity index (χ4v) is 6.13. The molecule has 43 heavy (non-hydrogen) atoms. The summed E-state index contributed by atoms with van der Waals surface area (Å²) in [4.78, 5) is 30.4. The van der Waals surface area contributed by atoms with E-state index >= 15 is 0 Å². The van der Waals surface area contributed by atoms with Crippen LogP contribution in [0, 0.1) is 11.6 Å². The van der Waals surface area contributed by atoms with Crippen molar-refractivity contribution in [2.75, 3.05) is 39.3 Å². The lowest BCUT2D eigenvalue weighted by molar-refractivity contribution is -0.134. The van der Waals surface area contributed by atoms with Crippen LogP contribution in [0.3, 0.4) is 0 Å². The average molecular weight is 641 g/mol. The number of hydrogen-bond donors (Lipinski definition) is 1. The van der Waals surface area contributed by atoms with Gasteiger partial charge in [0.2, 0.25) is 5.91 Å². The van der Waals surface area contributed by atoms with Crippen LogP contribution in [0.2, 0.25) is 10.0 Å². The number of alkyl carbamates (subject to hydrolysis) is 1. The Hall–Kier alpha value is -2.62. The van der Waals surface area contributed by atoms with Crippen LogP contribution >= 0.6 is 23.2 Å². The van der Waals surface area contributed by atoms with Gasteiger partial charge in [-0.3, -0.25) is 9.69 Å². The molecule has 0 bridgehead atoms. The molecule has 1 N–H and O–H groups in total. The van der Waals surface area contributed by atoms with Gasteiger partial charge in [0.25, 0.3) is 0 Å². The molecule has 2 heterocycles. The standard InChI is InChI=1S/C32H41Cl2F2N3O4/c1-32(2,3)43-31(41)37-28(17-22-7-8-23(33)18-25(22)34)30(40)39-13-9-21(10-14-39)24-19-26(35)27(36)20-29(24)42-16-15-38-11-5-4-6-12-38/h7-8,18-21,28H,4-6,9-17H2,1-3H3,(H,37,41)/t28-/m1/s1. The zero-order valence-corrected chi connectivity index (χ0v) is 26.6. The molecule has 0 unspecified atom stereocenters. The van der Waals surface area contributed by atoms with Gasteiger partial charge in [0.15, 0.2) is 11.6 Å². The van der Waals surface area contributed by atoms with E-state index in [-0.39, 0.29) is 18.2 Å². The number of carbonyl (C=O) groups is 2. The van der Waals surface area contributed by atoms with Gasteiger partial charge in [0.05, 0.1) is 0 Å². The molecule has 4 rings (SSSR count). The number of amides is 2. The van der Waals surface area contributed by atoms with E-state index in [2.05, 4.69) is 10.2 Å². The number of rotatable bonds is 9. The summed E-state index contributed by atoms with van der Waals surface area (Å²) >= 11 is 12.4. The third-order valence-electron chi connectivity index (χ3n) is 7.84. The SMILES string of the molecule is CC(C)(C)OC(=O)N[C@H](Cc1ccc(Cl)cc1Cl)C(=O)N1CCC(c2cc(F)c(F)cc2OCCN2CCCCC2)CC1. The maximum absolute atomic E-state index is 14.4. The van der Waals surface area contributed by atoms with Crippen LogP contribution in [-0.4, -0.2) is 72.8 Å². The first-order valence-corrected chi connectivity index (χ1v) is 15.7. The van der Waals surface area contributed by atoms with Crippen molar-refractivity contribution in [1.82, 2.24) is 15.1 Å². The lowest BCUT2D eigenvalue weighted by Crippen LogP contribution is -2.52. The van der Waals surface area contributed by atoms with Crippen molar-refractivity contribution in [3.63, 3.8) is 0 Å². The van der Waals surface area contributed by atoms with E-state index in [1.807, 2.05) is 0 Å². The fourth-order valence-electron chi connectivity index (χ4n) is 5.64. The summed E-state index contributed by atoms with van der Waals surface area (Å²) in [6.07, 6.45) is 4.05. The summed E-state index contributed by atoms with van der Waals surface area (Å²) in [7, 11) is 0. The zero-order chi connectivity index (χ0) is 31.1. The second-order valence-corrected chi connectivity index (χ2v) is 13.1. The Balaban J connectivity index is 1.43. The minimum absolute atomic E-state index is 0.118. The van der Waals surface area contributed by atoms with Crippen LogP contribution in [0.15, 0.2) is 30.3 Å². The summed E-state index contributed by atoms with van der Waals surface area (Å²) in [6.45, 7) is 9.14. The van der Waals surface area contributed by atoms with Crippen molar-refractivity contribution in [3.8, 4) is 5.75 Å².